The monoisotopic (exact) mass is 255 g/mol. The van der Waals surface area contributed by atoms with Crippen molar-refractivity contribution in [3.8, 4) is 11.8 Å². The quantitative estimate of drug-likeness (QED) is 0.798. The first-order chi connectivity index (χ1) is 9.20. The lowest BCUT2D eigenvalue weighted by molar-refractivity contribution is 0.102. The van der Waals surface area contributed by atoms with Gasteiger partial charge in [-0.3, -0.25) is 10.1 Å². The summed E-state index contributed by atoms with van der Waals surface area (Å²) in [5, 5.41) is 6.33. The molecule has 3 N–H and O–H groups in total. The highest BCUT2D eigenvalue weighted by molar-refractivity contribution is 6.05. The molecule has 0 unspecified atom stereocenters. The van der Waals surface area contributed by atoms with Gasteiger partial charge in [-0.15, -0.1) is 0 Å². The van der Waals surface area contributed by atoms with Crippen molar-refractivity contribution < 1.29 is 9.32 Å². The number of aryl methyl sites for hydroxylation is 1. The Morgan fingerprint density at radius 3 is 2.95 bits per heavy atom. The van der Waals surface area contributed by atoms with E-state index in [4.69, 9.17) is 10.3 Å². The molecule has 96 valence electrons. The van der Waals surface area contributed by atoms with Gasteiger partial charge in [0.05, 0.1) is 17.8 Å². The molecule has 2 rings (SSSR count). The lowest BCUT2D eigenvalue weighted by Crippen LogP contribution is -2.13. The van der Waals surface area contributed by atoms with E-state index < -0.39 is 0 Å². The minimum atomic E-state index is -0.293. The second-order valence-corrected chi connectivity index (χ2v) is 3.84. The summed E-state index contributed by atoms with van der Waals surface area (Å²) in [7, 11) is 0. The van der Waals surface area contributed by atoms with Gasteiger partial charge in [0.15, 0.2) is 0 Å². The standard InChI is InChI=1S/C14H13N3O2/c1-10-9-13(19-17-10)16-14(18)12-7-3-2-5-11(12)6-4-8-15/h2-3,5,7,9H,8,15H2,1H3,(H,16,18). The van der Waals surface area contributed by atoms with Crippen molar-refractivity contribution in [2.75, 3.05) is 11.9 Å². The second kappa shape index (κ2) is 5.85. The molecule has 2 aromatic rings. The molecule has 0 aliphatic heterocycles. The van der Waals surface area contributed by atoms with Gasteiger partial charge in [-0.2, -0.15) is 0 Å². The second-order valence-electron chi connectivity index (χ2n) is 3.84. The molecule has 0 aliphatic rings. The molecule has 0 fully saturated rings. The fraction of sp³-hybridized carbons (Fsp3) is 0.143. The molecule has 0 saturated carbocycles. The Kier molecular flexibility index (Phi) is 3.96. The topological polar surface area (TPSA) is 81.2 Å². The number of nitrogens with two attached hydrogens (primary N) is 1. The minimum absolute atomic E-state index is 0.247. The highest BCUT2D eigenvalue weighted by Gasteiger charge is 2.12. The first-order valence-electron chi connectivity index (χ1n) is 5.73. The van der Waals surface area contributed by atoms with Gasteiger partial charge >= 0.3 is 0 Å². The van der Waals surface area contributed by atoms with Crippen LogP contribution in [0.5, 0.6) is 0 Å². The van der Waals surface area contributed by atoms with E-state index in [9.17, 15) is 4.79 Å². The van der Waals surface area contributed by atoms with E-state index in [1.54, 1.807) is 31.2 Å². The molecule has 0 aliphatic carbocycles. The van der Waals surface area contributed by atoms with E-state index in [0.717, 1.165) is 0 Å². The number of nitrogens with one attached hydrogen (secondary N) is 1. The fourth-order valence-corrected chi connectivity index (χ4v) is 1.54. The predicted molar refractivity (Wildman–Crippen MR) is 71.6 cm³/mol. The Hall–Kier alpha value is -2.58. The van der Waals surface area contributed by atoms with E-state index in [0.29, 0.717) is 22.7 Å². The number of hydrogen-bond acceptors (Lipinski definition) is 4. The maximum absolute atomic E-state index is 12.1. The zero-order valence-corrected chi connectivity index (χ0v) is 10.4. The molecule has 5 heteroatoms. The molecule has 0 saturated heterocycles. The van der Waals surface area contributed by atoms with E-state index in [1.807, 2.05) is 6.07 Å². The average Bonchev–Trinajstić information content (AvgIpc) is 2.82. The molecule has 0 spiro atoms. The molecule has 0 radical (unpaired) electrons. The molecular formula is C14H13N3O2. The van der Waals surface area contributed by atoms with Gasteiger partial charge in [0, 0.05) is 11.6 Å². The molecule has 0 bridgehead atoms. The summed E-state index contributed by atoms with van der Waals surface area (Å²) in [5.74, 6) is 5.61. The largest absolute Gasteiger partial charge is 0.338 e. The van der Waals surface area contributed by atoms with Crippen LogP contribution >= 0.6 is 0 Å². The smallest absolute Gasteiger partial charge is 0.259 e. The van der Waals surface area contributed by atoms with Crippen LogP contribution in [0.2, 0.25) is 0 Å². The number of amides is 1. The van der Waals surface area contributed by atoms with Crippen LogP contribution in [-0.2, 0) is 0 Å². The number of carbonyl (C=O) groups is 1. The minimum Gasteiger partial charge on any atom is -0.338 e. The Bertz CT molecular complexity index is 650. The first kappa shape index (κ1) is 12.9. The van der Waals surface area contributed by atoms with Crippen molar-refractivity contribution in [2.45, 2.75) is 6.92 Å². The third-order valence-corrected chi connectivity index (χ3v) is 2.36. The van der Waals surface area contributed by atoms with Crippen LogP contribution in [0.15, 0.2) is 34.9 Å². The van der Waals surface area contributed by atoms with Gasteiger partial charge in [0.25, 0.3) is 5.91 Å². The van der Waals surface area contributed by atoms with Crippen molar-refractivity contribution in [1.82, 2.24) is 5.16 Å². The van der Waals surface area contributed by atoms with Gasteiger partial charge in [-0.05, 0) is 19.1 Å². The summed E-state index contributed by atoms with van der Waals surface area (Å²) in [4.78, 5) is 12.1. The van der Waals surface area contributed by atoms with Gasteiger partial charge in [0.2, 0.25) is 5.88 Å². The molecule has 1 amide bonds. The molecule has 5 nitrogen and oxygen atoms in total. The van der Waals surface area contributed by atoms with Crippen molar-refractivity contribution in [2.24, 2.45) is 5.73 Å². The lowest BCUT2D eigenvalue weighted by atomic mass is 10.1. The van der Waals surface area contributed by atoms with Crippen LogP contribution in [0.25, 0.3) is 0 Å². The number of nitrogens with zero attached hydrogens (tertiary/aromatic N) is 1. The first-order valence-corrected chi connectivity index (χ1v) is 5.73. The number of hydrogen-bond donors (Lipinski definition) is 2. The van der Waals surface area contributed by atoms with Crippen molar-refractivity contribution in [1.29, 1.82) is 0 Å². The maximum Gasteiger partial charge on any atom is 0.259 e. The molecule has 0 atom stereocenters. The molecular weight excluding hydrogens is 242 g/mol. The van der Waals surface area contributed by atoms with Crippen LogP contribution < -0.4 is 11.1 Å². The number of anilines is 1. The van der Waals surface area contributed by atoms with Gasteiger partial charge in [0.1, 0.15) is 0 Å². The Morgan fingerprint density at radius 2 is 2.26 bits per heavy atom. The predicted octanol–water partition coefficient (Wildman–Crippen LogP) is 1.55. The van der Waals surface area contributed by atoms with E-state index in [1.165, 1.54) is 0 Å². The number of carbonyl (C=O) groups excluding carboxylic acids is 1. The Balaban J connectivity index is 2.23. The van der Waals surface area contributed by atoms with E-state index in [2.05, 4.69) is 22.3 Å². The van der Waals surface area contributed by atoms with Crippen LogP contribution in [0.1, 0.15) is 21.6 Å². The zero-order valence-electron chi connectivity index (χ0n) is 10.4. The van der Waals surface area contributed by atoms with Crippen LogP contribution in [0.3, 0.4) is 0 Å². The number of rotatable bonds is 2. The number of aromatic nitrogens is 1. The Labute approximate surface area is 110 Å². The highest BCUT2D eigenvalue weighted by atomic mass is 16.5. The van der Waals surface area contributed by atoms with Crippen LogP contribution in [-0.4, -0.2) is 17.6 Å². The summed E-state index contributed by atoms with van der Waals surface area (Å²) in [6.45, 7) is 2.02. The summed E-state index contributed by atoms with van der Waals surface area (Å²) in [6, 6.07) is 8.69. The molecule has 1 aromatic heterocycles. The average molecular weight is 255 g/mol. The summed E-state index contributed by atoms with van der Waals surface area (Å²) in [6.07, 6.45) is 0. The molecule has 19 heavy (non-hydrogen) atoms. The van der Waals surface area contributed by atoms with Gasteiger partial charge in [-0.1, -0.05) is 29.1 Å². The van der Waals surface area contributed by atoms with Crippen LogP contribution in [0, 0.1) is 18.8 Å². The maximum atomic E-state index is 12.1. The van der Waals surface area contributed by atoms with Crippen LogP contribution in [0.4, 0.5) is 5.88 Å². The fourth-order valence-electron chi connectivity index (χ4n) is 1.54. The normalized spacial score (nSPS) is 9.58. The third-order valence-electron chi connectivity index (χ3n) is 2.36. The van der Waals surface area contributed by atoms with Gasteiger partial charge < -0.3 is 10.3 Å². The summed E-state index contributed by atoms with van der Waals surface area (Å²) < 4.78 is 4.94. The SMILES string of the molecule is Cc1cc(NC(=O)c2ccccc2C#CCN)on1. The molecule has 1 heterocycles. The lowest BCUT2D eigenvalue weighted by Gasteiger charge is -2.03. The van der Waals surface area contributed by atoms with Crippen molar-refractivity contribution in [3.63, 3.8) is 0 Å². The van der Waals surface area contributed by atoms with Crippen molar-refractivity contribution >= 4 is 11.8 Å². The zero-order chi connectivity index (χ0) is 13.7. The molecule has 1 aromatic carbocycles. The Morgan fingerprint density at radius 1 is 1.47 bits per heavy atom. The van der Waals surface area contributed by atoms with E-state index >= 15 is 0 Å². The van der Waals surface area contributed by atoms with Crippen molar-refractivity contribution in [3.05, 3.63) is 47.2 Å². The number of benzene rings is 1. The highest BCUT2D eigenvalue weighted by Crippen LogP contribution is 2.13. The van der Waals surface area contributed by atoms with Gasteiger partial charge in [-0.25, -0.2) is 0 Å². The third kappa shape index (κ3) is 3.21. The summed E-state index contributed by atoms with van der Waals surface area (Å²) in [5.41, 5.74) is 7.13. The summed E-state index contributed by atoms with van der Waals surface area (Å²) >= 11 is 0. The van der Waals surface area contributed by atoms with E-state index in [-0.39, 0.29) is 12.5 Å².